The molecule has 0 radical (unpaired) electrons. The number of alkyl halides is 3. The number of halogens is 3. The number of unbranched alkanes of at least 4 members (excludes halogenated alkanes) is 2. The standard InChI is InChI=1S/C13H13F3O/c1-2-3-4-5-8-11-9-6-7-10-12(11)17-13(14,15)16/h6-7,9-10H,2-4H2,1H3. The number of para-hydroxylation sites is 1. The highest BCUT2D eigenvalue weighted by Gasteiger charge is 2.31. The van der Waals surface area contributed by atoms with Gasteiger partial charge in [0.2, 0.25) is 0 Å². The molecule has 0 atom stereocenters. The molecule has 0 aromatic heterocycles. The van der Waals surface area contributed by atoms with Crippen LogP contribution in [-0.2, 0) is 0 Å². The first-order valence-electron chi connectivity index (χ1n) is 5.36. The second kappa shape index (κ2) is 6.19. The fraction of sp³-hybridized carbons (Fsp3) is 0.385. The molecular weight excluding hydrogens is 229 g/mol. The molecule has 0 bridgehead atoms. The molecule has 92 valence electrons. The first kappa shape index (κ1) is 13.4. The molecule has 0 aliphatic heterocycles. The Labute approximate surface area is 98.6 Å². The van der Waals surface area contributed by atoms with Gasteiger partial charge in [0.05, 0.1) is 5.56 Å². The highest BCUT2D eigenvalue weighted by atomic mass is 19.4. The topological polar surface area (TPSA) is 9.23 Å². The summed E-state index contributed by atoms with van der Waals surface area (Å²) in [4.78, 5) is 0. The minimum atomic E-state index is -4.68. The van der Waals surface area contributed by atoms with Crippen molar-refractivity contribution in [2.24, 2.45) is 0 Å². The summed E-state index contributed by atoms with van der Waals surface area (Å²) in [6.45, 7) is 2.03. The van der Waals surface area contributed by atoms with E-state index in [-0.39, 0.29) is 11.3 Å². The Balaban J connectivity index is 2.80. The van der Waals surface area contributed by atoms with Crippen molar-refractivity contribution in [3.63, 3.8) is 0 Å². The van der Waals surface area contributed by atoms with Crippen molar-refractivity contribution in [3.05, 3.63) is 29.8 Å². The average molecular weight is 242 g/mol. The van der Waals surface area contributed by atoms with Crippen LogP contribution in [0.2, 0.25) is 0 Å². The number of hydrogen-bond donors (Lipinski definition) is 0. The zero-order valence-electron chi connectivity index (χ0n) is 9.47. The van der Waals surface area contributed by atoms with E-state index in [2.05, 4.69) is 16.6 Å². The Kier molecular flexibility index (Phi) is 4.89. The van der Waals surface area contributed by atoms with Crippen molar-refractivity contribution in [1.82, 2.24) is 0 Å². The van der Waals surface area contributed by atoms with Gasteiger partial charge in [-0.1, -0.05) is 37.3 Å². The van der Waals surface area contributed by atoms with Gasteiger partial charge < -0.3 is 4.74 Å². The van der Waals surface area contributed by atoms with Crippen molar-refractivity contribution in [3.8, 4) is 17.6 Å². The molecule has 0 unspecified atom stereocenters. The highest BCUT2D eigenvalue weighted by molar-refractivity contribution is 5.45. The van der Waals surface area contributed by atoms with E-state index in [9.17, 15) is 13.2 Å². The molecule has 0 saturated carbocycles. The normalized spacial score (nSPS) is 10.6. The maximum absolute atomic E-state index is 12.1. The van der Waals surface area contributed by atoms with Gasteiger partial charge in [0.15, 0.2) is 0 Å². The van der Waals surface area contributed by atoms with E-state index in [1.54, 1.807) is 6.07 Å². The van der Waals surface area contributed by atoms with Crippen molar-refractivity contribution in [2.45, 2.75) is 32.5 Å². The first-order chi connectivity index (χ1) is 8.03. The van der Waals surface area contributed by atoms with Crippen LogP contribution < -0.4 is 4.74 Å². The lowest BCUT2D eigenvalue weighted by atomic mass is 10.2. The van der Waals surface area contributed by atoms with Crippen molar-refractivity contribution in [1.29, 1.82) is 0 Å². The summed E-state index contributed by atoms with van der Waals surface area (Å²) < 4.78 is 40.2. The Bertz CT molecular complexity index is 413. The SMILES string of the molecule is CCCCC#Cc1ccccc1OC(F)(F)F. The van der Waals surface area contributed by atoms with Crippen LogP contribution in [0.3, 0.4) is 0 Å². The Hall–Kier alpha value is -1.63. The van der Waals surface area contributed by atoms with E-state index < -0.39 is 6.36 Å². The minimum absolute atomic E-state index is 0.246. The number of ether oxygens (including phenoxy) is 1. The maximum Gasteiger partial charge on any atom is 0.573 e. The molecule has 0 N–H and O–H groups in total. The third kappa shape index (κ3) is 5.30. The third-order valence-electron chi connectivity index (χ3n) is 1.99. The molecule has 4 heteroatoms. The van der Waals surface area contributed by atoms with Crippen LogP contribution in [0.4, 0.5) is 13.2 Å². The Morgan fingerprint density at radius 2 is 1.94 bits per heavy atom. The van der Waals surface area contributed by atoms with Gasteiger partial charge in [-0.25, -0.2) is 0 Å². The molecule has 1 aromatic carbocycles. The van der Waals surface area contributed by atoms with Gasteiger partial charge in [0, 0.05) is 6.42 Å². The summed E-state index contributed by atoms with van der Waals surface area (Å²) in [6.07, 6.45) is -2.05. The summed E-state index contributed by atoms with van der Waals surface area (Å²) >= 11 is 0. The largest absolute Gasteiger partial charge is 0.573 e. The van der Waals surface area contributed by atoms with Gasteiger partial charge in [-0.3, -0.25) is 0 Å². The van der Waals surface area contributed by atoms with Gasteiger partial charge in [-0.2, -0.15) is 0 Å². The monoisotopic (exact) mass is 242 g/mol. The van der Waals surface area contributed by atoms with Crippen molar-refractivity contribution in [2.75, 3.05) is 0 Å². The van der Waals surface area contributed by atoms with Crippen LogP contribution in [0.25, 0.3) is 0 Å². The molecule has 0 aliphatic rings. The van der Waals surface area contributed by atoms with Gasteiger partial charge in [0.1, 0.15) is 5.75 Å². The van der Waals surface area contributed by atoms with Crippen LogP contribution in [0.15, 0.2) is 24.3 Å². The summed E-state index contributed by atoms with van der Waals surface area (Å²) in [5.74, 6) is 5.28. The fourth-order valence-electron chi connectivity index (χ4n) is 1.21. The first-order valence-corrected chi connectivity index (χ1v) is 5.36. The van der Waals surface area contributed by atoms with E-state index in [0.717, 1.165) is 12.8 Å². The van der Waals surface area contributed by atoms with E-state index in [4.69, 9.17) is 0 Å². The molecule has 0 spiro atoms. The predicted octanol–water partition coefficient (Wildman–Crippen LogP) is 4.13. The van der Waals surface area contributed by atoms with Crippen LogP contribution in [0.5, 0.6) is 5.75 Å². The second-order valence-electron chi connectivity index (χ2n) is 3.45. The molecule has 0 saturated heterocycles. The van der Waals surface area contributed by atoms with E-state index in [0.29, 0.717) is 6.42 Å². The van der Waals surface area contributed by atoms with Gasteiger partial charge in [0.25, 0.3) is 0 Å². The van der Waals surface area contributed by atoms with Gasteiger partial charge in [-0.05, 0) is 18.6 Å². The van der Waals surface area contributed by atoms with Crippen LogP contribution >= 0.6 is 0 Å². The summed E-state index contributed by atoms with van der Waals surface area (Å²) in [5, 5.41) is 0. The maximum atomic E-state index is 12.1. The molecule has 1 nitrogen and oxygen atoms in total. The number of hydrogen-bond acceptors (Lipinski definition) is 1. The molecule has 0 heterocycles. The summed E-state index contributed by atoms with van der Waals surface area (Å²) in [7, 11) is 0. The minimum Gasteiger partial charge on any atom is -0.404 e. The molecule has 1 aromatic rings. The zero-order chi connectivity index (χ0) is 12.7. The molecule has 17 heavy (non-hydrogen) atoms. The van der Waals surface area contributed by atoms with Gasteiger partial charge >= 0.3 is 6.36 Å². The van der Waals surface area contributed by atoms with Crippen LogP contribution in [0, 0.1) is 11.8 Å². The van der Waals surface area contributed by atoms with Gasteiger partial charge in [-0.15, -0.1) is 13.2 Å². The number of benzene rings is 1. The molecule has 1 rings (SSSR count). The molecule has 0 aliphatic carbocycles. The predicted molar refractivity (Wildman–Crippen MR) is 59.5 cm³/mol. The fourth-order valence-corrected chi connectivity index (χ4v) is 1.21. The second-order valence-corrected chi connectivity index (χ2v) is 3.45. The molecular formula is C13H13F3O. The van der Waals surface area contributed by atoms with Crippen molar-refractivity contribution >= 4 is 0 Å². The molecule has 0 fully saturated rings. The van der Waals surface area contributed by atoms with E-state index >= 15 is 0 Å². The smallest absolute Gasteiger partial charge is 0.404 e. The van der Waals surface area contributed by atoms with E-state index in [1.165, 1.54) is 18.2 Å². The quantitative estimate of drug-likeness (QED) is 0.572. The number of rotatable bonds is 3. The Morgan fingerprint density at radius 1 is 1.24 bits per heavy atom. The van der Waals surface area contributed by atoms with Crippen LogP contribution in [0.1, 0.15) is 31.7 Å². The van der Waals surface area contributed by atoms with Crippen molar-refractivity contribution < 1.29 is 17.9 Å². The zero-order valence-corrected chi connectivity index (χ0v) is 9.47. The highest BCUT2D eigenvalue weighted by Crippen LogP contribution is 2.25. The lowest BCUT2D eigenvalue weighted by molar-refractivity contribution is -0.274. The third-order valence-corrected chi connectivity index (χ3v) is 1.99. The summed E-state index contributed by atoms with van der Waals surface area (Å²) in [6, 6.07) is 5.89. The van der Waals surface area contributed by atoms with Crippen LogP contribution in [-0.4, -0.2) is 6.36 Å². The lowest BCUT2D eigenvalue weighted by Gasteiger charge is -2.09. The average Bonchev–Trinajstić information content (AvgIpc) is 2.24. The lowest BCUT2D eigenvalue weighted by Crippen LogP contribution is -2.17. The Morgan fingerprint density at radius 3 is 2.59 bits per heavy atom. The molecule has 0 amide bonds. The summed E-state index contributed by atoms with van der Waals surface area (Å²) in [5.41, 5.74) is 0.265. The van der Waals surface area contributed by atoms with E-state index in [1.807, 2.05) is 6.92 Å².